The van der Waals surface area contributed by atoms with Crippen LogP contribution in [-0.2, 0) is 13.2 Å². The number of nitrogens with one attached hydrogen (secondary N) is 2. The molecule has 4 aromatic rings. The first-order valence-corrected chi connectivity index (χ1v) is 13.1. The number of hydrogen-bond acceptors (Lipinski definition) is 6. The van der Waals surface area contributed by atoms with Crippen LogP contribution in [0.4, 0.5) is 24.5 Å². The fourth-order valence-electron chi connectivity index (χ4n) is 4.81. The lowest BCUT2D eigenvalue weighted by Crippen LogP contribution is -2.26. The number of carbonyl (C=O) groups is 1. The summed E-state index contributed by atoms with van der Waals surface area (Å²) in [4.78, 5) is 15.6. The van der Waals surface area contributed by atoms with Gasteiger partial charge in [-0.3, -0.25) is 9.48 Å². The van der Waals surface area contributed by atoms with Crippen LogP contribution in [0.5, 0.6) is 0 Å². The van der Waals surface area contributed by atoms with Crippen molar-refractivity contribution in [2.24, 2.45) is 7.05 Å². The Morgan fingerprint density at radius 3 is 2.55 bits per heavy atom. The van der Waals surface area contributed by atoms with Crippen molar-refractivity contribution < 1.29 is 18.0 Å². The molecule has 1 amide bonds. The van der Waals surface area contributed by atoms with Gasteiger partial charge in [0.1, 0.15) is 5.69 Å². The molecular formula is C28H31F3N8O. The number of alkyl halides is 3. The molecule has 0 unspecified atom stereocenters. The summed E-state index contributed by atoms with van der Waals surface area (Å²) in [6, 6.07) is 8.43. The highest BCUT2D eigenvalue weighted by atomic mass is 19.4. The molecule has 2 aromatic carbocycles. The van der Waals surface area contributed by atoms with E-state index in [4.69, 9.17) is 0 Å². The number of benzene rings is 2. The van der Waals surface area contributed by atoms with E-state index in [9.17, 15) is 18.0 Å². The summed E-state index contributed by atoms with van der Waals surface area (Å²) < 4.78 is 43.9. The first-order chi connectivity index (χ1) is 19.1. The second-order valence-electron chi connectivity index (χ2n) is 10.0. The highest BCUT2D eigenvalue weighted by Crippen LogP contribution is 2.32. The van der Waals surface area contributed by atoms with E-state index in [0.717, 1.165) is 61.4 Å². The van der Waals surface area contributed by atoms with Crippen LogP contribution in [0.1, 0.15) is 40.0 Å². The average Bonchev–Trinajstić information content (AvgIpc) is 3.68. The van der Waals surface area contributed by atoms with Crippen LogP contribution < -0.4 is 10.6 Å². The van der Waals surface area contributed by atoms with Crippen molar-refractivity contribution >= 4 is 17.3 Å². The molecule has 1 aliphatic heterocycles. The van der Waals surface area contributed by atoms with Crippen LogP contribution >= 0.6 is 0 Å². The van der Waals surface area contributed by atoms with Gasteiger partial charge in [0.25, 0.3) is 5.91 Å². The van der Waals surface area contributed by atoms with Crippen molar-refractivity contribution in [3.05, 3.63) is 71.2 Å². The third-order valence-corrected chi connectivity index (χ3v) is 7.25. The highest BCUT2D eigenvalue weighted by Gasteiger charge is 2.32. The summed E-state index contributed by atoms with van der Waals surface area (Å²) in [6.45, 7) is 7.12. The van der Waals surface area contributed by atoms with Gasteiger partial charge >= 0.3 is 6.18 Å². The SMILES string of the molecule is Cc1ccc(NC(=O)c2cc(C(F)(F)F)ccc2NCCN2CCCC2)cc1-n1cc(-c2cnn(C)c2C)nn1. The van der Waals surface area contributed by atoms with E-state index < -0.39 is 17.6 Å². The molecule has 1 saturated heterocycles. The molecule has 9 nitrogen and oxygen atoms in total. The minimum Gasteiger partial charge on any atom is -0.383 e. The van der Waals surface area contributed by atoms with Crippen LogP contribution in [0.2, 0.25) is 0 Å². The van der Waals surface area contributed by atoms with Gasteiger partial charge in [0, 0.05) is 42.8 Å². The van der Waals surface area contributed by atoms with Gasteiger partial charge < -0.3 is 15.5 Å². The zero-order valence-electron chi connectivity index (χ0n) is 22.6. The molecule has 0 aliphatic carbocycles. The van der Waals surface area contributed by atoms with Gasteiger partial charge in [0.2, 0.25) is 0 Å². The Morgan fingerprint density at radius 2 is 1.85 bits per heavy atom. The van der Waals surface area contributed by atoms with E-state index in [-0.39, 0.29) is 5.56 Å². The quantitative estimate of drug-likeness (QED) is 0.317. The standard InChI is InChI=1S/C28H31F3N8O/c1-18-6-8-21(15-26(18)39-17-25(35-36-39)23-16-33-37(3)19(23)2)34-27(40)22-14-20(28(29,30)31)7-9-24(22)32-10-13-38-11-4-5-12-38/h6-9,14-17,32H,4-5,10-13H2,1-3H3,(H,34,40). The largest absolute Gasteiger partial charge is 0.416 e. The molecule has 40 heavy (non-hydrogen) atoms. The molecule has 1 fully saturated rings. The van der Waals surface area contributed by atoms with Crippen LogP contribution in [0.3, 0.4) is 0 Å². The van der Waals surface area contributed by atoms with Gasteiger partial charge in [-0.05, 0) is 75.7 Å². The summed E-state index contributed by atoms with van der Waals surface area (Å²) in [6.07, 6.45) is 1.21. The molecule has 3 heterocycles. The fraction of sp³-hybridized carbons (Fsp3) is 0.357. The van der Waals surface area contributed by atoms with E-state index in [2.05, 4.69) is 30.9 Å². The predicted molar refractivity (Wildman–Crippen MR) is 147 cm³/mol. The lowest BCUT2D eigenvalue weighted by Gasteiger charge is -2.18. The van der Waals surface area contributed by atoms with Gasteiger partial charge in [-0.25, -0.2) is 4.68 Å². The van der Waals surface area contributed by atoms with E-state index in [1.807, 2.05) is 27.0 Å². The Labute approximate surface area is 230 Å². The van der Waals surface area contributed by atoms with Crippen molar-refractivity contribution in [2.45, 2.75) is 32.9 Å². The number of anilines is 2. The normalized spacial score (nSPS) is 14.1. The maximum absolute atomic E-state index is 13.5. The number of amides is 1. The maximum atomic E-state index is 13.5. The Balaban J connectivity index is 1.38. The molecule has 0 spiro atoms. The van der Waals surface area contributed by atoms with Crippen molar-refractivity contribution in [1.82, 2.24) is 29.7 Å². The van der Waals surface area contributed by atoms with E-state index in [0.29, 0.717) is 29.3 Å². The number of carbonyl (C=O) groups excluding carboxylic acids is 1. The van der Waals surface area contributed by atoms with Crippen LogP contribution in [0.25, 0.3) is 16.9 Å². The summed E-state index contributed by atoms with van der Waals surface area (Å²) in [7, 11) is 1.85. The summed E-state index contributed by atoms with van der Waals surface area (Å²) in [5.41, 5.74) is 3.80. The molecule has 210 valence electrons. The van der Waals surface area contributed by atoms with Gasteiger partial charge in [0.15, 0.2) is 0 Å². The maximum Gasteiger partial charge on any atom is 0.416 e. The first kappa shape index (κ1) is 27.4. The van der Waals surface area contributed by atoms with Crippen LogP contribution in [0, 0.1) is 13.8 Å². The highest BCUT2D eigenvalue weighted by molar-refractivity contribution is 6.08. The van der Waals surface area contributed by atoms with Gasteiger partial charge in [-0.2, -0.15) is 18.3 Å². The molecule has 0 bridgehead atoms. The minimum absolute atomic E-state index is 0.0755. The van der Waals surface area contributed by atoms with Crippen LogP contribution in [-0.4, -0.2) is 61.8 Å². The van der Waals surface area contributed by atoms with Gasteiger partial charge in [0.05, 0.1) is 29.2 Å². The monoisotopic (exact) mass is 552 g/mol. The van der Waals surface area contributed by atoms with E-state index in [1.54, 1.807) is 33.9 Å². The molecule has 12 heteroatoms. The number of hydrogen-bond donors (Lipinski definition) is 2. The van der Waals surface area contributed by atoms with E-state index >= 15 is 0 Å². The Hall–Kier alpha value is -4.19. The zero-order chi connectivity index (χ0) is 28.4. The van der Waals surface area contributed by atoms with Gasteiger partial charge in [-0.15, -0.1) is 5.10 Å². The Morgan fingerprint density at radius 1 is 1.07 bits per heavy atom. The molecule has 2 N–H and O–H groups in total. The van der Waals surface area contributed by atoms with Gasteiger partial charge in [-0.1, -0.05) is 11.3 Å². The van der Waals surface area contributed by atoms with Crippen molar-refractivity contribution in [3.63, 3.8) is 0 Å². The number of rotatable bonds is 8. The second-order valence-corrected chi connectivity index (χ2v) is 10.0. The third-order valence-electron chi connectivity index (χ3n) is 7.25. The summed E-state index contributed by atoms with van der Waals surface area (Å²) >= 11 is 0. The Kier molecular flexibility index (Phi) is 7.61. The minimum atomic E-state index is -4.57. The number of halogens is 3. The first-order valence-electron chi connectivity index (χ1n) is 13.1. The molecule has 5 rings (SSSR count). The Bertz CT molecular complexity index is 1520. The summed E-state index contributed by atoms with van der Waals surface area (Å²) in [5, 5.41) is 18.7. The lowest BCUT2D eigenvalue weighted by molar-refractivity contribution is -0.137. The predicted octanol–water partition coefficient (Wildman–Crippen LogP) is 5.06. The number of likely N-dealkylation sites (tertiary alicyclic amines) is 1. The van der Waals surface area contributed by atoms with Crippen molar-refractivity contribution in [3.8, 4) is 16.9 Å². The fourth-order valence-corrected chi connectivity index (χ4v) is 4.81. The van der Waals surface area contributed by atoms with Crippen LogP contribution in [0.15, 0.2) is 48.8 Å². The number of aromatic nitrogens is 5. The van der Waals surface area contributed by atoms with Crippen molar-refractivity contribution in [1.29, 1.82) is 0 Å². The summed E-state index contributed by atoms with van der Waals surface area (Å²) in [5.74, 6) is -0.644. The third kappa shape index (κ3) is 5.86. The molecule has 0 saturated carbocycles. The van der Waals surface area contributed by atoms with E-state index in [1.165, 1.54) is 6.07 Å². The lowest BCUT2D eigenvalue weighted by atomic mass is 10.1. The molecule has 1 aliphatic rings. The average molecular weight is 553 g/mol. The smallest absolute Gasteiger partial charge is 0.383 e. The molecule has 0 radical (unpaired) electrons. The number of aryl methyl sites for hydroxylation is 2. The molecule has 0 atom stereocenters. The topological polar surface area (TPSA) is 92.9 Å². The zero-order valence-corrected chi connectivity index (χ0v) is 22.6. The molecular weight excluding hydrogens is 521 g/mol. The van der Waals surface area contributed by atoms with Crippen molar-refractivity contribution in [2.75, 3.05) is 36.8 Å². The number of nitrogens with zero attached hydrogens (tertiary/aromatic N) is 6. The second kappa shape index (κ2) is 11.1. The molecule has 2 aromatic heterocycles.